The lowest BCUT2D eigenvalue weighted by atomic mass is 10.1. The van der Waals surface area contributed by atoms with Gasteiger partial charge in [0, 0.05) is 12.5 Å². The number of carbonyl (C=O) groups excluding carboxylic acids is 1. The topological polar surface area (TPSA) is 72.7 Å². The smallest absolute Gasteiger partial charge is 0.315 e. The third-order valence-electron chi connectivity index (χ3n) is 3.88. The summed E-state index contributed by atoms with van der Waals surface area (Å²) in [5.41, 5.74) is 0.966. The first-order chi connectivity index (χ1) is 11.6. The molecule has 2 amide bonds. The number of hydrogen-bond acceptors (Lipinski definition) is 4. The summed E-state index contributed by atoms with van der Waals surface area (Å²) in [7, 11) is 0. The van der Waals surface area contributed by atoms with Gasteiger partial charge in [-0.1, -0.05) is 6.07 Å². The van der Waals surface area contributed by atoms with E-state index in [1.54, 1.807) is 6.26 Å². The third kappa shape index (κ3) is 4.01. The van der Waals surface area contributed by atoms with Crippen LogP contribution in [0.2, 0.25) is 0 Å². The molecular formula is C18H22N2O4. The van der Waals surface area contributed by atoms with E-state index in [4.69, 9.17) is 13.9 Å². The first-order valence-corrected chi connectivity index (χ1v) is 8.11. The first-order valence-electron chi connectivity index (χ1n) is 8.11. The third-order valence-corrected chi connectivity index (χ3v) is 3.88. The zero-order valence-electron chi connectivity index (χ0n) is 13.9. The Morgan fingerprint density at radius 3 is 2.67 bits per heavy atom. The molecule has 0 bridgehead atoms. The molecule has 1 aliphatic rings. The van der Waals surface area contributed by atoms with Crippen molar-refractivity contribution in [3.8, 4) is 11.5 Å². The summed E-state index contributed by atoms with van der Waals surface area (Å²) in [5, 5.41) is 5.85. The van der Waals surface area contributed by atoms with Gasteiger partial charge >= 0.3 is 6.03 Å². The molecule has 2 aromatic rings. The molecule has 0 saturated carbocycles. The molecular weight excluding hydrogens is 308 g/mol. The van der Waals surface area contributed by atoms with Crippen molar-refractivity contribution < 1.29 is 18.7 Å². The van der Waals surface area contributed by atoms with E-state index in [1.807, 2.05) is 44.2 Å². The maximum Gasteiger partial charge on any atom is 0.315 e. The van der Waals surface area contributed by atoms with Crippen LogP contribution in [0, 0.1) is 0 Å². The van der Waals surface area contributed by atoms with Crippen molar-refractivity contribution in [2.45, 2.75) is 32.4 Å². The Morgan fingerprint density at radius 1 is 1.12 bits per heavy atom. The highest BCUT2D eigenvalue weighted by atomic mass is 16.6. The lowest BCUT2D eigenvalue weighted by molar-refractivity contribution is 0.171. The second-order valence-corrected chi connectivity index (χ2v) is 5.93. The number of furan rings is 1. The quantitative estimate of drug-likeness (QED) is 0.884. The van der Waals surface area contributed by atoms with E-state index in [-0.39, 0.29) is 18.1 Å². The predicted molar refractivity (Wildman–Crippen MR) is 89.4 cm³/mol. The second-order valence-electron chi connectivity index (χ2n) is 5.93. The lowest BCUT2D eigenvalue weighted by Gasteiger charge is -2.22. The van der Waals surface area contributed by atoms with E-state index >= 15 is 0 Å². The molecule has 0 spiro atoms. The van der Waals surface area contributed by atoms with Crippen LogP contribution in [0.4, 0.5) is 4.79 Å². The number of ether oxygens (including phenoxy) is 2. The standard InChI is InChI=1S/C18H22N2O4/c1-12(10-15-4-3-7-22-15)19-18(21)20-13(2)14-5-6-16-17(11-14)24-9-8-23-16/h3-7,11-13H,8-10H2,1-2H3,(H2,19,20,21)/t12-,13+/m1/s1. The summed E-state index contributed by atoms with van der Waals surface area (Å²) in [4.78, 5) is 12.1. The van der Waals surface area contributed by atoms with Gasteiger partial charge in [0.15, 0.2) is 11.5 Å². The summed E-state index contributed by atoms with van der Waals surface area (Å²) in [6, 6.07) is 9.08. The van der Waals surface area contributed by atoms with E-state index in [0.717, 1.165) is 22.8 Å². The highest BCUT2D eigenvalue weighted by Crippen LogP contribution is 2.32. The van der Waals surface area contributed by atoms with Crippen LogP contribution < -0.4 is 20.1 Å². The molecule has 128 valence electrons. The van der Waals surface area contributed by atoms with Crippen LogP contribution in [0.15, 0.2) is 41.0 Å². The van der Waals surface area contributed by atoms with Crippen LogP contribution >= 0.6 is 0 Å². The lowest BCUT2D eigenvalue weighted by Crippen LogP contribution is -2.42. The van der Waals surface area contributed by atoms with E-state index < -0.39 is 0 Å². The van der Waals surface area contributed by atoms with Gasteiger partial charge in [-0.25, -0.2) is 4.79 Å². The molecule has 0 unspecified atom stereocenters. The van der Waals surface area contributed by atoms with Crippen molar-refractivity contribution in [1.82, 2.24) is 10.6 Å². The van der Waals surface area contributed by atoms with Crippen LogP contribution in [-0.2, 0) is 6.42 Å². The number of benzene rings is 1. The van der Waals surface area contributed by atoms with Crippen LogP contribution in [-0.4, -0.2) is 25.3 Å². The van der Waals surface area contributed by atoms with Crippen LogP contribution in [0.5, 0.6) is 11.5 Å². The van der Waals surface area contributed by atoms with Gasteiger partial charge in [-0.2, -0.15) is 0 Å². The summed E-state index contributed by atoms with van der Waals surface area (Å²) >= 11 is 0. The molecule has 0 radical (unpaired) electrons. The molecule has 0 saturated heterocycles. The number of fused-ring (bicyclic) bond motifs is 1. The van der Waals surface area contributed by atoms with Crippen molar-refractivity contribution in [2.75, 3.05) is 13.2 Å². The van der Waals surface area contributed by atoms with Crippen LogP contribution in [0.25, 0.3) is 0 Å². The fourth-order valence-corrected chi connectivity index (χ4v) is 2.66. The Kier molecular flexibility index (Phi) is 4.93. The van der Waals surface area contributed by atoms with Gasteiger partial charge in [-0.3, -0.25) is 0 Å². The molecule has 3 rings (SSSR count). The van der Waals surface area contributed by atoms with Gasteiger partial charge in [0.05, 0.1) is 12.3 Å². The van der Waals surface area contributed by atoms with E-state index in [2.05, 4.69) is 10.6 Å². The van der Waals surface area contributed by atoms with Crippen molar-refractivity contribution in [3.63, 3.8) is 0 Å². The monoisotopic (exact) mass is 330 g/mol. The minimum Gasteiger partial charge on any atom is -0.486 e. The SMILES string of the molecule is C[C@H](Cc1ccco1)NC(=O)N[C@@H](C)c1ccc2c(c1)OCCO2. The molecule has 1 aliphatic heterocycles. The number of rotatable bonds is 5. The number of carbonyl (C=O) groups is 1. The second kappa shape index (κ2) is 7.29. The zero-order valence-corrected chi connectivity index (χ0v) is 13.9. The molecule has 0 fully saturated rings. The fraction of sp³-hybridized carbons (Fsp3) is 0.389. The van der Waals surface area contributed by atoms with Crippen LogP contribution in [0.3, 0.4) is 0 Å². The van der Waals surface area contributed by atoms with Crippen molar-refractivity contribution in [1.29, 1.82) is 0 Å². The van der Waals surface area contributed by atoms with E-state index in [0.29, 0.717) is 19.6 Å². The highest BCUT2D eigenvalue weighted by molar-refractivity contribution is 5.74. The Morgan fingerprint density at radius 2 is 1.92 bits per heavy atom. The van der Waals surface area contributed by atoms with Crippen molar-refractivity contribution in [3.05, 3.63) is 47.9 Å². The average Bonchev–Trinajstić information content (AvgIpc) is 3.06. The van der Waals surface area contributed by atoms with Crippen molar-refractivity contribution >= 4 is 6.03 Å². The van der Waals surface area contributed by atoms with E-state index in [9.17, 15) is 4.79 Å². The Hall–Kier alpha value is -2.63. The zero-order chi connectivity index (χ0) is 16.9. The number of urea groups is 1. The van der Waals surface area contributed by atoms with Gasteiger partial charge in [0.1, 0.15) is 19.0 Å². The predicted octanol–water partition coefficient (Wildman–Crippen LogP) is 3.04. The van der Waals surface area contributed by atoms with Gasteiger partial charge in [0.2, 0.25) is 0 Å². The Labute approximate surface area is 141 Å². The average molecular weight is 330 g/mol. The first kappa shape index (κ1) is 16.2. The van der Waals surface area contributed by atoms with Gasteiger partial charge in [0.25, 0.3) is 0 Å². The number of nitrogens with one attached hydrogen (secondary N) is 2. The molecule has 6 heteroatoms. The Bertz CT molecular complexity index is 684. The fourth-order valence-electron chi connectivity index (χ4n) is 2.66. The van der Waals surface area contributed by atoms with Crippen molar-refractivity contribution in [2.24, 2.45) is 0 Å². The Balaban J connectivity index is 1.54. The molecule has 1 aromatic carbocycles. The normalized spacial score (nSPS) is 15.4. The molecule has 2 atom stereocenters. The maximum absolute atomic E-state index is 12.1. The summed E-state index contributed by atoms with van der Waals surface area (Å²) in [5.74, 6) is 2.32. The molecule has 2 N–H and O–H groups in total. The van der Waals surface area contributed by atoms with Crippen LogP contribution in [0.1, 0.15) is 31.2 Å². The van der Waals surface area contributed by atoms with Gasteiger partial charge < -0.3 is 24.5 Å². The largest absolute Gasteiger partial charge is 0.486 e. The molecule has 0 aliphatic carbocycles. The number of hydrogen-bond donors (Lipinski definition) is 2. The molecule has 24 heavy (non-hydrogen) atoms. The minimum atomic E-state index is -0.212. The van der Waals surface area contributed by atoms with Gasteiger partial charge in [-0.05, 0) is 43.7 Å². The molecule has 2 heterocycles. The summed E-state index contributed by atoms with van der Waals surface area (Å²) < 4.78 is 16.4. The maximum atomic E-state index is 12.1. The summed E-state index contributed by atoms with van der Waals surface area (Å²) in [6.07, 6.45) is 2.28. The number of amides is 2. The van der Waals surface area contributed by atoms with E-state index in [1.165, 1.54) is 0 Å². The highest BCUT2D eigenvalue weighted by Gasteiger charge is 2.16. The minimum absolute atomic E-state index is 0.0244. The molecule has 6 nitrogen and oxygen atoms in total. The summed E-state index contributed by atoms with van der Waals surface area (Å²) in [6.45, 7) is 4.98. The van der Waals surface area contributed by atoms with Gasteiger partial charge in [-0.15, -0.1) is 0 Å². The molecule has 1 aromatic heterocycles.